The number of nitrogens with one attached hydrogen (secondary N) is 1. The number of likely N-dealkylation sites (N-methyl/N-ethyl adjacent to an activating group) is 1. The van der Waals surface area contributed by atoms with Gasteiger partial charge in [0.25, 0.3) is 0 Å². The van der Waals surface area contributed by atoms with Crippen molar-refractivity contribution >= 4 is 11.8 Å². The molecule has 1 aliphatic carbocycles. The number of nitrogens with two attached hydrogens (primary N) is 1. The van der Waals surface area contributed by atoms with Gasteiger partial charge in [-0.1, -0.05) is 12.8 Å². The first kappa shape index (κ1) is 12.1. The van der Waals surface area contributed by atoms with E-state index >= 15 is 0 Å². The summed E-state index contributed by atoms with van der Waals surface area (Å²) in [4.78, 5) is 10.2. The summed E-state index contributed by atoms with van der Waals surface area (Å²) in [5, 5.41) is 10.0. The molecule has 17 heavy (non-hydrogen) atoms. The molecule has 6 heteroatoms. The highest BCUT2D eigenvalue weighted by atomic mass is 16.3. The minimum atomic E-state index is -0.280. The number of nitrogen functional groups attached to an aromatic ring is 1. The number of aromatic nitrogens is 2. The van der Waals surface area contributed by atoms with Gasteiger partial charge in [0.05, 0.1) is 12.1 Å². The summed E-state index contributed by atoms with van der Waals surface area (Å²) in [6.07, 6.45) is 5.49. The molecule has 1 saturated carbocycles. The average molecular weight is 237 g/mol. The second-order valence-corrected chi connectivity index (χ2v) is 4.41. The lowest BCUT2D eigenvalue weighted by molar-refractivity contribution is 0.106. The van der Waals surface area contributed by atoms with Gasteiger partial charge in [0.1, 0.15) is 5.82 Å². The maximum absolute atomic E-state index is 10.0. The third-order valence-electron chi connectivity index (χ3n) is 3.32. The number of anilines is 2. The summed E-state index contributed by atoms with van der Waals surface area (Å²) in [5.41, 5.74) is 2.42. The fourth-order valence-electron chi connectivity index (χ4n) is 2.33. The van der Waals surface area contributed by atoms with Gasteiger partial charge in [0, 0.05) is 13.2 Å². The van der Waals surface area contributed by atoms with E-state index in [1.165, 1.54) is 0 Å². The molecule has 6 nitrogen and oxygen atoms in total. The molecule has 0 spiro atoms. The number of hydrazine groups is 1. The standard InChI is InChI=1S/C11H19N5O/c1-16(8-4-2-3-5-9(8)17)10-6-7-13-11(14-10)15-12/h6-9,17H,2-5,12H2,1H3,(H,13,14,15). The minimum Gasteiger partial charge on any atom is -0.391 e. The van der Waals surface area contributed by atoms with E-state index in [1.54, 1.807) is 6.20 Å². The quantitative estimate of drug-likeness (QED) is 0.524. The molecular weight excluding hydrogens is 218 g/mol. The second kappa shape index (κ2) is 5.29. The molecule has 1 aromatic rings. The molecule has 1 heterocycles. The van der Waals surface area contributed by atoms with Crippen LogP contribution in [0.25, 0.3) is 0 Å². The van der Waals surface area contributed by atoms with E-state index in [1.807, 2.05) is 18.0 Å². The van der Waals surface area contributed by atoms with E-state index in [0.717, 1.165) is 31.5 Å². The topological polar surface area (TPSA) is 87.3 Å². The Balaban J connectivity index is 2.14. The highest BCUT2D eigenvalue weighted by molar-refractivity contribution is 5.42. The first-order valence-corrected chi connectivity index (χ1v) is 5.93. The molecule has 2 atom stereocenters. The second-order valence-electron chi connectivity index (χ2n) is 4.41. The van der Waals surface area contributed by atoms with E-state index in [9.17, 15) is 5.11 Å². The summed E-state index contributed by atoms with van der Waals surface area (Å²) >= 11 is 0. The van der Waals surface area contributed by atoms with Gasteiger partial charge < -0.3 is 10.0 Å². The lowest BCUT2D eigenvalue weighted by Crippen LogP contribution is -2.43. The normalized spacial score (nSPS) is 24.4. The largest absolute Gasteiger partial charge is 0.391 e. The molecule has 0 aromatic carbocycles. The van der Waals surface area contributed by atoms with Crippen molar-refractivity contribution < 1.29 is 5.11 Å². The molecule has 2 unspecified atom stereocenters. The monoisotopic (exact) mass is 237 g/mol. The van der Waals surface area contributed by atoms with Gasteiger partial charge in [-0.2, -0.15) is 4.98 Å². The van der Waals surface area contributed by atoms with E-state index in [2.05, 4.69) is 15.4 Å². The summed E-state index contributed by atoms with van der Waals surface area (Å²) in [5.74, 6) is 6.45. The Morgan fingerprint density at radius 2 is 2.24 bits per heavy atom. The zero-order valence-corrected chi connectivity index (χ0v) is 10.0. The van der Waals surface area contributed by atoms with Gasteiger partial charge in [-0.25, -0.2) is 10.8 Å². The fraction of sp³-hybridized carbons (Fsp3) is 0.636. The number of rotatable bonds is 3. The van der Waals surface area contributed by atoms with Crippen molar-refractivity contribution in [3.05, 3.63) is 12.3 Å². The molecule has 0 radical (unpaired) electrons. The molecule has 1 aromatic heterocycles. The zero-order chi connectivity index (χ0) is 12.3. The van der Waals surface area contributed by atoms with Crippen LogP contribution in [0.2, 0.25) is 0 Å². The van der Waals surface area contributed by atoms with Crippen molar-refractivity contribution in [2.45, 2.75) is 37.8 Å². The third kappa shape index (κ3) is 2.65. The van der Waals surface area contributed by atoms with Crippen molar-refractivity contribution in [1.82, 2.24) is 9.97 Å². The molecule has 0 amide bonds. The van der Waals surface area contributed by atoms with Gasteiger partial charge in [-0.05, 0) is 18.9 Å². The summed E-state index contributed by atoms with van der Waals surface area (Å²) in [7, 11) is 1.95. The van der Waals surface area contributed by atoms with Crippen LogP contribution in [0.3, 0.4) is 0 Å². The number of hydrogen-bond acceptors (Lipinski definition) is 6. The Hall–Kier alpha value is -1.40. The Morgan fingerprint density at radius 1 is 1.47 bits per heavy atom. The van der Waals surface area contributed by atoms with Crippen LogP contribution in [0.15, 0.2) is 12.3 Å². The number of nitrogens with zero attached hydrogens (tertiary/aromatic N) is 3. The van der Waals surface area contributed by atoms with Gasteiger partial charge >= 0.3 is 0 Å². The van der Waals surface area contributed by atoms with Crippen LogP contribution in [-0.4, -0.2) is 34.3 Å². The van der Waals surface area contributed by atoms with Gasteiger partial charge in [0.15, 0.2) is 0 Å². The van der Waals surface area contributed by atoms with Gasteiger partial charge in [0.2, 0.25) is 5.95 Å². The number of aliphatic hydroxyl groups is 1. The Bertz CT molecular complexity index is 373. The number of hydrogen-bond donors (Lipinski definition) is 3. The van der Waals surface area contributed by atoms with Crippen molar-refractivity contribution in [2.75, 3.05) is 17.4 Å². The van der Waals surface area contributed by atoms with Crippen molar-refractivity contribution in [1.29, 1.82) is 0 Å². The minimum absolute atomic E-state index is 0.129. The predicted octanol–water partition coefficient (Wildman–Crippen LogP) is 0.502. The molecule has 2 rings (SSSR count). The molecule has 1 aliphatic rings. The van der Waals surface area contributed by atoms with Crippen LogP contribution in [0.4, 0.5) is 11.8 Å². The van der Waals surface area contributed by atoms with Crippen LogP contribution >= 0.6 is 0 Å². The van der Waals surface area contributed by atoms with E-state index in [4.69, 9.17) is 5.84 Å². The molecule has 94 valence electrons. The molecule has 4 N–H and O–H groups in total. The summed E-state index contributed by atoms with van der Waals surface area (Å²) in [6.45, 7) is 0. The van der Waals surface area contributed by atoms with E-state index in [0.29, 0.717) is 5.95 Å². The van der Waals surface area contributed by atoms with E-state index < -0.39 is 0 Å². The highest BCUT2D eigenvalue weighted by Gasteiger charge is 2.27. The molecule has 0 saturated heterocycles. The van der Waals surface area contributed by atoms with Gasteiger partial charge in [-0.3, -0.25) is 5.43 Å². The van der Waals surface area contributed by atoms with Crippen LogP contribution in [0, 0.1) is 0 Å². The average Bonchev–Trinajstić information content (AvgIpc) is 2.38. The Kier molecular flexibility index (Phi) is 3.75. The van der Waals surface area contributed by atoms with Crippen molar-refractivity contribution in [3.63, 3.8) is 0 Å². The van der Waals surface area contributed by atoms with E-state index in [-0.39, 0.29) is 12.1 Å². The Labute approximate surface area is 101 Å². The molecule has 0 bridgehead atoms. The first-order chi connectivity index (χ1) is 8.22. The van der Waals surface area contributed by atoms with Crippen LogP contribution in [0.5, 0.6) is 0 Å². The summed E-state index contributed by atoms with van der Waals surface area (Å²) in [6, 6.07) is 1.95. The van der Waals surface area contributed by atoms with Crippen molar-refractivity contribution in [3.8, 4) is 0 Å². The van der Waals surface area contributed by atoms with Gasteiger partial charge in [-0.15, -0.1) is 0 Å². The fourth-order valence-corrected chi connectivity index (χ4v) is 2.33. The maximum Gasteiger partial charge on any atom is 0.239 e. The lowest BCUT2D eigenvalue weighted by Gasteiger charge is -2.35. The molecular formula is C11H19N5O. The van der Waals surface area contributed by atoms with Crippen LogP contribution in [0.1, 0.15) is 25.7 Å². The predicted molar refractivity (Wildman–Crippen MR) is 66.5 cm³/mol. The first-order valence-electron chi connectivity index (χ1n) is 5.93. The van der Waals surface area contributed by atoms with Crippen LogP contribution in [-0.2, 0) is 0 Å². The highest BCUT2D eigenvalue weighted by Crippen LogP contribution is 2.25. The lowest BCUT2D eigenvalue weighted by atomic mass is 9.91. The summed E-state index contributed by atoms with van der Waals surface area (Å²) < 4.78 is 0. The maximum atomic E-state index is 10.0. The van der Waals surface area contributed by atoms with Crippen molar-refractivity contribution in [2.24, 2.45) is 5.84 Å². The Morgan fingerprint density at radius 3 is 2.94 bits per heavy atom. The third-order valence-corrected chi connectivity index (χ3v) is 3.32. The smallest absolute Gasteiger partial charge is 0.239 e. The van der Waals surface area contributed by atoms with Crippen LogP contribution < -0.4 is 16.2 Å². The SMILES string of the molecule is CN(c1ccnc(NN)n1)C1CCCCC1O. The zero-order valence-electron chi connectivity index (χ0n) is 10.0. The molecule has 0 aliphatic heterocycles. The number of aliphatic hydroxyl groups excluding tert-OH is 1. The molecule has 1 fully saturated rings.